The standard InChI is InChI=1S/C16H20N2O2/c1-2-14-13-9-8-11(16(19)20)10-15(13)18(17-14)12-6-4-3-5-7-12/h8-10,12H,2-7H2,1H3,(H,19,20). The van der Waals surface area contributed by atoms with Crippen molar-refractivity contribution in [3.63, 3.8) is 0 Å². The smallest absolute Gasteiger partial charge is 0.335 e. The molecule has 1 aromatic carbocycles. The second kappa shape index (κ2) is 5.27. The van der Waals surface area contributed by atoms with Crippen LogP contribution in [-0.2, 0) is 6.42 Å². The van der Waals surface area contributed by atoms with Gasteiger partial charge in [-0.2, -0.15) is 5.10 Å². The van der Waals surface area contributed by atoms with Crippen LogP contribution in [0, 0.1) is 0 Å². The van der Waals surface area contributed by atoms with E-state index in [4.69, 9.17) is 5.10 Å². The molecule has 1 aromatic heterocycles. The van der Waals surface area contributed by atoms with E-state index in [2.05, 4.69) is 11.6 Å². The maximum atomic E-state index is 11.2. The van der Waals surface area contributed by atoms with Crippen molar-refractivity contribution in [2.45, 2.75) is 51.5 Å². The van der Waals surface area contributed by atoms with Gasteiger partial charge in [0.15, 0.2) is 0 Å². The Morgan fingerprint density at radius 3 is 2.75 bits per heavy atom. The molecule has 0 amide bonds. The predicted octanol–water partition coefficient (Wildman–Crippen LogP) is 3.80. The molecule has 0 aliphatic heterocycles. The Balaban J connectivity index is 2.13. The molecule has 3 rings (SSSR count). The fraction of sp³-hybridized carbons (Fsp3) is 0.500. The third kappa shape index (κ3) is 2.19. The van der Waals surface area contributed by atoms with Crippen molar-refractivity contribution in [1.82, 2.24) is 9.78 Å². The molecule has 1 fully saturated rings. The Labute approximate surface area is 118 Å². The number of hydrogen-bond acceptors (Lipinski definition) is 2. The maximum Gasteiger partial charge on any atom is 0.335 e. The number of aryl methyl sites for hydroxylation is 1. The number of benzene rings is 1. The number of hydrogen-bond donors (Lipinski definition) is 1. The second-order valence-corrected chi connectivity index (χ2v) is 5.57. The Morgan fingerprint density at radius 2 is 2.10 bits per heavy atom. The van der Waals surface area contributed by atoms with Gasteiger partial charge in [0, 0.05) is 5.39 Å². The number of fused-ring (bicyclic) bond motifs is 1. The van der Waals surface area contributed by atoms with Crippen molar-refractivity contribution in [1.29, 1.82) is 0 Å². The lowest BCUT2D eigenvalue weighted by Gasteiger charge is -2.22. The number of aromatic carboxylic acids is 1. The van der Waals surface area contributed by atoms with Gasteiger partial charge in [-0.05, 0) is 31.4 Å². The maximum absolute atomic E-state index is 11.2. The van der Waals surface area contributed by atoms with Crippen LogP contribution in [0.2, 0.25) is 0 Å². The van der Waals surface area contributed by atoms with Crippen LogP contribution in [0.5, 0.6) is 0 Å². The molecule has 106 valence electrons. The van der Waals surface area contributed by atoms with Crippen molar-refractivity contribution in [3.05, 3.63) is 29.5 Å². The number of aromatic nitrogens is 2. The van der Waals surface area contributed by atoms with Gasteiger partial charge >= 0.3 is 5.97 Å². The van der Waals surface area contributed by atoms with Gasteiger partial charge in [-0.3, -0.25) is 4.68 Å². The Morgan fingerprint density at radius 1 is 1.35 bits per heavy atom. The van der Waals surface area contributed by atoms with Gasteiger partial charge in [-0.15, -0.1) is 0 Å². The lowest BCUT2D eigenvalue weighted by Crippen LogP contribution is -2.14. The molecule has 4 heteroatoms. The highest BCUT2D eigenvalue weighted by Gasteiger charge is 2.20. The molecule has 1 aliphatic rings. The molecule has 0 unspecified atom stereocenters. The Kier molecular flexibility index (Phi) is 3.47. The lowest BCUT2D eigenvalue weighted by atomic mass is 9.95. The average molecular weight is 272 g/mol. The molecule has 1 N–H and O–H groups in total. The summed E-state index contributed by atoms with van der Waals surface area (Å²) in [5, 5.41) is 15.0. The summed E-state index contributed by atoms with van der Waals surface area (Å²) in [6, 6.07) is 5.79. The molecular formula is C16H20N2O2. The highest BCUT2D eigenvalue weighted by molar-refractivity contribution is 5.94. The van der Waals surface area contributed by atoms with Crippen molar-refractivity contribution < 1.29 is 9.90 Å². The molecule has 4 nitrogen and oxygen atoms in total. The number of carbonyl (C=O) groups is 1. The molecule has 0 radical (unpaired) electrons. The van der Waals surface area contributed by atoms with E-state index in [-0.39, 0.29) is 0 Å². The van der Waals surface area contributed by atoms with Crippen molar-refractivity contribution >= 4 is 16.9 Å². The van der Waals surface area contributed by atoms with Crippen LogP contribution in [0.15, 0.2) is 18.2 Å². The van der Waals surface area contributed by atoms with Gasteiger partial charge in [0.05, 0.1) is 22.8 Å². The van der Waals surface area contributed by atoms with E-state index in [0.717, 1.165) is 35.9 Å². The fourth-order valence-corrected chi connectivity index (χ4v) is 3.20. The van der Waals surface area contributed by atoms with Crippen molar-refractivity contribution in [2.75, 3.05) is 0 Å². The van der Waals surface area contributed by atoms with E-state index < -0.39 is 5.97 Å². The zero-order valence-electron chi connectivity index (χ0n) is 11.8. The van der Waals surface area contributed by atoms with Crippen molar-refractivity contribution in [2.24, 2.45) is 0 Å². The minimum absolute atomic E-state index is 0.345. The fourth-order valence-electron chi connectivity index (χ4n) is 3.20. The topological polar surface area (TPSA) is 55.1 Å². The van der Waals surface area contributed by atoms with E-state index in [0.29, 0.717) is 11.6 Å². The first-order valence-corrected chi connectivity index (χ1v) is 7.45. The van der Waals surface area contributed by atoms with Gasteiger partial charge in [-0.25, -0.2) is 4.79 Å². The van der Waals surface area contributed by atoms with E-state index in [1.807, 2.05) is 6.07 Å². The zero-order valence-corrected chi connectivity index (χ0v) is 11.8. The van der Waals surface area contributed by atoms with Crippen LogP contribution in [0.25, 0.3) is 10.9 Å². The second-order valence-electron chi connectivity index (χ2n) is 5.57. The number of carboxylic acids is 1. The van der Waals surface area contributed by atoms with E-state index >= 15 is 0 Å². The quantitative estimate of drug-likeness (QED) is 0.924. The largest absolute Gasteiger partial charge is 0.478 e. The van der Waals surface area contributed by atoms with Crippen molar-refractivity contribution in [3.8, 4) is 0 Å². The first-order chi connectivity index (χ1) is 9.70. The monoisotopic (exact) mass is 272 g/mol. The molecule has 2 aromatic rings. The molecular weight excluding hydrogens is 252 g/mol. The van der Waals surface area contributed by atoms with Gasteiger partial charge in [0.25, 0.3) is 0 Å². The summed E-state index contributed by atoms with van der Waals surface area (Å²) in [4.78, 5) is 11.2. The normalized spacial score (nSPS) is 16.6. The molecule has 1 aliphatic carbocycles. The van der Waals surface area contributed by atoms with Crippen LogP contribution in [-0.4, -0.2) is 20.9 Å². The molecule has 0 bridgehead atoms. The molecule has 0 saturated heterocycles. The summed E-state index contributed by atoms with van der Waals surface area (Å²) in [5.74, 6) is -0.874. The lowest BCUT2D eigenvalue weighted by molar-refractivity contribution is 0.0697. The van der Waals surface area contributed by atoms with Gasteiger partial charge in [-0.1, -0.05) is 32.3 Å². The summed E-state index contributed by atoms with van der Waals surface area (Å²) in [6.07, 6.45) is 6.96. The summed E-state index contributed by atoms with van der Waals surface area (Å²) < 4.78 is 2.08. The minimum atomic E-state index is -0.874. The van der Waals surface area contributed by atoms with Crippen LogP contribution >= 0.6 is 0 Å². The molecule has 20 heavy (non-hydrogen) atoms. The summed E-state index contributed by atoms with van der Waals surface area (Å²) >= 11 is 0. The summed E-state index contributed by atoms with van der Waals surface area (Å²) in [5.41, 5.74) is 2.40. The number of rotatable bonds is 3. The third-order valence-corrected chi connectivity index (χ3v) is 4.29. The highest BCUT2D eigenvalue weighted by Crippen LogP contribution is 2.32. The molecule has 1 saturated carbocycles. The minimum Gasteiger partial charge on any atom is -0.478 e. The first kappa shape index (κ1) is 13.2. The van der Waals surface area contributed by atoms with E-state index in [1.165, 1.54) is 19.3 Å². The Hall–Kier alpha value is -1.84. The zero-order chi connectivity index (χ0) is 14.1. The predicted molar refractivity (Wildman–Crippen MR) is 78.2 cm³/mol. The van der Waals surface area contributed by atoms with Gasteiger partial charge in [0.2, 0.25) is 0 Å². The van der Waals surface area contributed by atoms with Crippen LogP contribution in [0.3, 0.4) is 0 Å². The van der Waals surface area contributed by atoms with E-state index in [9.17, 15) is 9.90 Å². The summed E-state index contributed by atoms with van der Waals surface area (Å²) in [6.45, 7) is 2.10. The summed E-state index contributed by atoms with van der Waals surface area (Å²) in [7, 11) is 0. The average Bonchev–Trinajstić information content (AvgIpc) is 2.86. The van der Waals surface area contributed by atoms with Crippen LogP contribution in [0.1, 0.15) is 61.1 Å². The Bertz CT molecular complexity index is 639. The first-order valence-electron chi connectivity index (χ1n) is 7.45. The van der Waals surface area contributed by atoms with Gasteiger partial charge < -0.3 is 5.11 Å². The van der Waals surface area contributed by atoms with Crippen LogP contribution in [0.4, 0.5) is 0 Å². The van der Waals surface area contributed by atoms with Crippen LogP contribution < -0.4 is 0 Å². The molecule has 1 heterocycles. The molecule has 0 spiro atoms. The number of carboxylic acid groups (broad SMARTS) is 1. The SMILES string of the molecule is CCc1nn(C2CCCCC2)c2cc(C(=O)O)ccc12. The highest BCUT2D eigenvalue weighted by atomic mass is 16.4. The van der Waals surface area contributed by atoms with Gasteiger partial charge in [0.1, 0.15) is 0 Å². The third-order valence-electron chi connectivity index (χ3n) is 4.29. The number of nitrogens with zero attached hydrogens (tertiary/aromatic N) is 2. The molecule has 0 atom stereocenters. The van der Waals surface area contributed by atoms with E-state index in [1.54, 1.807) is 12.1 Å².